The molecule has 0 aromatic heterocycles. The van der Waals surface area contributed by atoms with Crippen LogP contribution in [0.3, 0.4) is 0 Å². The summed E-state index contributed by atoms with van der Waals surface area (Å²) >= 11 is 0. The molecule has 2 rings (SSSR count). The average Bonchev–Trinajstić information content (AvgIpc) is 2.90. The number of likely N-dealkylation sites (N-methyl/N-ethyl adjacent to an activating group) is 1. The third-order valence-electron chi connectivity index (χ3n) is 7.23. The van der Waals surface area contributed by atoms with Crippen molar-refractivity contribution in [3.8, 4) is 0 Å². The van der Waals surface area contributed by atoms with E-state index in [0.717, 1.165) is 37.7 Å². The zero-order chi connectivity index (χ0) is 28.1. The average molecular weight is 534 g/mol. The van der Waals surface area contributed by atoms with Gasteiger partial charge in [0.05, 0.1) is 24.5 Å². The van der Waals surface area contributed by atoms with Gasteiger partial charge in [0.25, 0.3) is 5.91 Å². The number of carbonyl (C=O) groups excluding carboxylic acids is 3. The van der Waals surface area contributed by atoms with Gasteiger partial charge in [-0.25, -0.2) is 0 Å². The summed E-state index contributed by atoms with van der Waals surface area (Å²) in [7, 11) is 3.18. The molecule has 8 heteroatoms. The lowest BCUT2D eigenvalue weighted by atomic mass is 9.95. The number of cyclic esters (lactones) is 2. The van der Waals surface area contributed by atoms with Crippen molar-refractivity contribution in [2.75, 3.05) is 21.0 Å². The molecule has 1 aliphatic rings. The van der Waals surface area contributed by atoms with Gasteiger partial charge in [0, 0.05) is 14.2 Å². The molecule has 1 aromatic rings. The Labute approximate surface area is 228 Å². The lowest BCUT2D eigenvalue weighted by molar-refractivity contribution is -0.180. The van der Waals surface area contributed by atoms with Crippen molar-refractivity contribution in [2.45, 2.75) is 103 Å². The topological polar surface area (TPSA) is 91.4 Å². The molecule has 1 fully saturated rings. The van der Waals surface area contributed by atoms with Crippen LogP contribution in [0.1, 0.15) is 78.2 Å². The number of ether oxygens (including phenoxy) is 4. The molecule has 1 amide bonds. The number of hydrogen-bond donors (Lipinski definition) is 0. The predicted molar refractivity (Wildman–Crippen MR) is 145 cm³/mol. The first-order valence-electron chi connectivity index (χ1n) is 14.0. The molecule has 0 radical (unpaired) electrons. The van der Waals surface area contributed by atoms with Gasteiger partial charge in [-0.3, -0.25) is 14.4 Å². The minimum Gasteiger partial charge on any atom is -0.461 e. The molecule has 5 atom stereocenters. The Morgan fingerprint density at radius 3 is 2.34 bits per heavy atom. The predicted octanol–water partition coefficient (Wildman–Crippen LogP) is 4.93. The summed E-state index contributed by atoms with van der Waals surface area (Å²) in [5, 5.41) is 0. The highest BCUT2D eigenvalue weighted by Gasteiger charge is 2.40. The highest BCUT2D eigenvalue weighted by Crippen LogP contribution is 2.25. The molecule has 0 spiro atoms. The van der Waals surface area contributed by atoms with Gasteiger partial charge in [0.1, 0.15) is 12.9 Å². The second-order valence-electron chi connectivity index (χ2n) is 10.6. The highest BCUT2D eigenvalue weighted by molar-refractivity contribution is 5.85. The fourth-order valence-corrected chi connectivity index (χ4v) is 4.80. The molecule has 1 saturated heterocycles. The van der Waals surface area contributed by atoms with Crippen LogP contribution in [0.2, 0.25) is 0 Å². The standard InChI is InChI=1S/C30H47NO7/c1-7-8-9-10-14-17-25-22(4)30(34)38-28(21(2)3)29(33)31(5)24(18-23-15-12-11-13-16-23)26(36-20-35-6)19-27(32)37-25/h11-13,15-16,21-22,24-26,28H,7-10,14,17-20H2,1-6H3/t22-,24-,25?,26?,28?/m0/s1. The minimum absolute atomic E-state index is 0.0366. The number of carbonyl (C=O) groups is 3. The Kier molecular flexibility index (Phi) is 13.8. The number of benzene rings is 1. The molecule has 3 unspecified atom stereocenters. The van der Waals surface area contributed by atoms with E-state index < -0.39 is 42.2 Å². The van der Waals surface area contributed by atoms with Crippen molar-refractivity contribution in [3.63, 3.8) is 0 Å². The van der Waals surface area contributed by atoms with Crippen molar-refractivity contribution < 1.29 is 33.3 Å². The fourth-order valence-electron chi connectivity index (χ4n) is 4.80. The summed E-state index contributed by atoms with van der Waals surface area (Å²) in [4.78, 5) is 41.7. The van der Waals surface area contributed by atoms with Crippen LogP contribution < -0.4 is 0 Å². The zero-order valence-electron chi connectivity index (χ0n) is 24.0. The molecular formula is C30H47NO7. The number of esters is 2. The van der Waals surface area contributed by atoms with Gasteiger partial charge in [-0.05, 0) is 37.7 Å². The molecule has 214 valence electrons. The summed E-state index contributed by atoms with van der Waals surface area (Å²) < 4.78 is 22.9. The SMILES string of the molecule is CCCCCCCC1OC(=O)CC(OCOC)[C@H](Cc2ccccc2)N(C)C(=O)C(C(C)C)OC(=O)[C@H]1C. The molecule has 1 aromatic carbocycles. The smallest absolute Gasteiger partial charge is 0.313 e. The van der Waals surface area contributed by atoms with Gasteiger partial charge in [0.15, 0.2) is 6.10 Å². The molecular weight excluding hydrogens is 486 g/mol. The van der Waals surface area contributed by atoms with Crippen molar-refractivity contribution in [3.05, 3.63) is 35.9 Å². The molecule has 8 nitrogen and oxygen atoms in total. The summed E-state index contributed by atoms with van der Waals surface area (Å²) in [5.74, 6) is -2.25. The molecule has 1 aliphatic heterocycles. The minimum atomic E-state index is -0.961. The number of nitrogens with zero attached hydrogens (tertiary/aromatic N) is 1. The van der Waals surface area contributed by atoms with Gasteiger partial charge in [-0.1, -0.05) is 76.8 Å². The van der Waals surface area contributed by atoms with Gasteiger partial charge in [-0.15, -0.1) is 0 Å². The van der Waals surface area contributed by atoms with Crippen LogP contribution in [-0.2, 0) is 39.8 Å². The van der Waals surface area contributed by atoms with Gasteiger partial charge >= 0.3 is 11.9 Å². The summed E-state index contributed by atoms with van der Waals surface area (Å²) in [6.07, 6.45) is 3.88. The number of methoxy groups -OCH3 is 1. The molecule has 0 N–H and O–H groups in total. The van der Waals surface area contributed by atoms with E-state index in [9.17, 15) is 14.4 Å². The molecule has 0 bridgehead atoms. The van der Waals surface area contributed by atoms with E-state index in [4.69, 9.17) is 18.9 Å². The van der Waals surface area contributed by atoms with Crippen LogP contribution in [0.4, 0.5) is 0 Å². The summed E-state index contributed by atoms with van der Waals surface area (Å²) in [6.45, 7) is 7.54. The Balaban J connectivity index is 2.41. The van der Waals surface area contributed by atoms with Crippen LogP contribution in [-0.4, -0.2) is 68.0 Å². The van der Waals surface area contributed by atoms with Crippen molar-refractivity contribution in [1.82, 2.24) is 4.90 Å². The maximum Gasteiger partial charge on any atom is 0.313 e. The van der Waals surface area contributed by atoms with E-state index in [0.29, 0.717) is 12.8 Å². The molecule has 1 heterocycles. The number of hydrogen-bond acceptors (Lipinski definition) is 7. The van der Waals surface area contributed by atoms with Gasteiger partial charge < -0.3 is 23.8 Å². The van der Waals surface area contributed by atoms with E-state index in [1.807, 2.05) is 44.2 Å². The van der Waals surface area contributed by atoms with Crippen LogP contribution in [0.15, 0.2) is 30.3 Å². The van der Waals surface area contributed by atoms with Crippen LogP contribution in [0, 0.1) is 11.8 Å². The van der Waals surface area contributed by atoms with E-state index in [2.05, 4.69) is 6.92 Å². The zero-order valence-corrected chi connectivity index (χ0v) is 24.0. The Hall–Kier alpha value is -2.45. The second kappa shape index (κ2) is 16.5. The quantitative estimate of drug-likeness (QED) is 0.214. The van der Waals surface area contributed by atoms with Crippen molar-refractivity contribution in [1.29, 1.82) is 0 Å². The van der Waals surface area contributed by atoms with Crippen LogP contribution in [0.5, 0.6) is 0 Å². The van der Waals surface area contributed by atoms with Crippen LogP contribution in [0.25, 0.3) is 0 Å². The van der Waals surface area contributed by atoms with Crippen LogP contribution >= 0.6 is 0 Å². The first kappa shape index (κ1) is 31.8. The van der Waals surface area contributed by atoms with E-state index in [1.54, 1.807) is 18.9 Å². The molecule has 38 heavy (non-hydrogen) atoms. The Morgan fingerprint density at radius 1 is 1.03 bits per heavy atom. The van der Waals surface area contributed by atoms with Gasteiger partial charge in [0.2, 0.25) is 0 Å². The lowest BCUT2D eigenvalue weighted by Crippen LogP contribution is -2.53. The van der Waals surface area contributed by atoms with E-state index in [-0.39, 0.29) is 25.0 Å². The molecule has 0 saturated carbocycles. The largest absolute Gasteiger partial charge is 0.461 e. The summed E-state index contributed by atoms with van der Waals surface area (Å²) in [5.41, 5.74) is 0.986. The Morgan fingerprint density at radius 2 is 1.71 bits per heavy atom. The lowest BCUT2D eigenvalue weighted by Gasteiger charge is -2.38. The second-order valence-corrected chi connectivity index (χ2v) is 10.6. The fraction of sp³-hybridized carbons (Fsp3) is 0.700. The van der Waals surface area contributed by atoms with E-state index in [1.165, 1.54) is 7.11 Å². The van der Waals surface area contributed by atoms with Crippen molar-refractivity contribution >= 4 is 17.8 Å². The third-order valence-corrected chi connectivity index (χ3v) is 7.23. The number of amides is 1. The maximum absolute atomic E-state index is 13.8. The van der Waals surface area contributed by atoms with Gasteiger partial charge in [-0.2, -0.15) is 0 Å². The number of unbranched alkanes of at least 4 members (excludes halogenated alkanes) is 4. The first-order chi connectivity index (χ1) is 18.2. The van der Waals surface area contributed by atoms with Crippen molar-refractivity contribution in [2.24, 2.45) is 11.8 Å². The Bertz CT molecular complexity index is 859. The maximum atomic E-state index is 13.8. The number of rotatable bonds is 12. The van der Waals surface area contributed by atoms with E-state index >= 15 is 0 Å². The highest BCUT2D eigenvalue weighted by atomic mass is 16.7. The first-order valence-corrected chi connectivity index (χ1v) is 14.0. The third kappa shape index (κ3) is 9.70. The monoisotopic (exact) mass is 533 g/mol. The normalized spacial score (nSPS) is 25.5. The summed E-state index contributed by atoms with van der Waals surface area (Å²) in [6, 6.07) is 9.20. The molecule has 0 aliphatic carbocycles.